The summed E-state index contributed by atoms with van der Waals surface area (Å²) in [5.74, 6) is 0. The van der Waals surface area contributed by atoms with Crippen LogP contribution >= 0.6 is 0 Å². The number of aliphatic hydroxyl groups excluding tert-OH is 1. The average molecular weight is 387 g/mol. The van der Waals surface area contributed by atoms with Crippen molar-refractivity contribution in [2.24, 2.45) is 0 Å². The predicted molar refractivity (Wildman–Crippen MR) is 119 cm³/mol. The lowest BCUT2D eigenvalue weighted by atomic mass is 9.94. The van der Waals surface area contributed by atoms with Crippen LogP contribution in [0.4, 0.5) is 0 Å². The molecule has 4 rings (SSSR count). The first-order valence-corrected chi connectivity index (χ1v) is 10.5. The maximum absolute atomic E-state index is 11.3. The minimum atomic E-state index is -0.540. The standard InChI is InChI=1S/C26H30N2O/c1-21-12-14-22(15-13-21)20-27-16-18-28(19-17-27)25(23-8-4-2-5-9-23)26(29)24-10-6-3-7-11-24/h2-15,25-26,29H,16-20H2,1H3. The summed E-state index contributed by atoms with van der Waals surface area (Å²) in [6.07, 6.45) is -0.540. The van der Waals surface area contributed by atoms with E-state index in [1.807, 2.05) is 36.4 Å². The first-order valence-electron chi connectivity index (χ1n) is 10.5. The van der Waals surface area contributed by atoms with Crippen LogP contribution in [0.2, 0.25) is 0 Å². The molecule has 0 aliphatic carbocycles. The number of aliphatic hydroxyl groups is 1. The Bertz CT molecular complexity index is 872. The van der Waals surface area contributed by atoms with Gasteiger partial charge in [0.15, 0.2) is 0 Å². The number of hydrogen-bond donors (Lipinski definition) is 1. The highest BCUT2D eigenvalue weighted by Gasteiger charge is 2.31. The van der Waals surface area contributed by atoms with Crippen LogP contribution in [0, 0.1) is 6.92 Å². The number of aryl methyl sites for hydroxylation is 1. The molecular formula is C26H30N2O. The Labute approximate surface area is 174 Å². The lowest BCUT2D eigenvalue weighted by molar-refractivity contribution is 0.0149. The molecule has 0 aromatic heterocycles. The molecule has 0 saturated carbocycles. The Morgan fingerprint density at radius 3 is 1.86 bits per heavy atom. The summed E-state index contributed by atoms with van der Waals surface area (Å²) in [6, 6.07) is 29.3. The summed E-state index contributed by atoms with van der Waals surface area (Å²) >= 11 is 0. The minimum absolute atomic E-state index is 0.0277. The van der Waals surface area contributed by atoms with Gasteiger partial charge in [0.2, 0.25) is 0 Å². The largest absolute Gasteiger partial charge is 0.386 e. The van der Waals surface area contributed by atoms with Gasteiger partial charge in [-0.25, -0.2) is 0 Å². The van der Waals surface area contributed by atoms with E-state index < -0.39 is 6.10 Å². The molecule has 3 nitrogen and oxygen atoms in total. The van der Waals surface area contributed by atoms with Crippen molar-refractivity contribution in [2.75, 3.05) is 26.2 Å². The Kier molecular flexibility index (Phi) is 6.40. The van der Waals surface area contributed by atoms with E-state index in [1.165, 1.54) is 16.7 Å². The molecule has 2 unspecified atom stereocenters. The summed E-state index contributed by atoms with van der Waals surface area (Å²) in [7, 11) is 0. The molecule has 0 bridgehead atoms. The fourth-order valence-electron chi connectivity index (χ4n) is 4.23. The Balaban J connectivity index is 1.47. The van der Waals surface area contributed by atoms with Gasteiger partial charge in [0.25, 0.3) is 0 Å². The normalized spacial score (nSPS) is 17.7. The maximum Gasteiger partial charge on any atom is 0.0986 e. The second-order valence-corrected chi connectivity index (χ2v) is 8.01. The van der Waals surface area contributed by atoms with E-state index in [1.54, 1.807) is 0 Å². The van der Waals surface area contributed by atoms with Crippen LogP contribution in [-0.4, -0.2) is 41.1 Å². The van der Waals surface area contributed by atoms with Gasteiger partial charge in [0.05, 0.1) is 12.1 Å². The predicted octanol–water partition coefficient (Wildman–Crippen LogP) is 4.59. The molecule has 1 saturated heterocycles. The molecule has 1 heterocycles. The fraction of sp³-hybridized carbons (Fsp3) is 0.308. The minimum Gasteiger partial charge on any atom is -0.386 e. The quantitative estimate of drug-likeness (QED) is 0.671. The van der Waals surface area contributed by atoms with E-state index in [4.69, 9.17) is 0 Å². The van der Waals surface area contributed by atoms with Crippen LogP contribution in [-0.2, 0) is 6.54 Å². The van der Waals surface area contributed by atoms with Crippen molar-refractivity contribution in [2.45, 2.75) is 25.6 Å². The SMILES string of the molecule is Cc1ccc(CN2CCN(C(c3ccccc3)C(O)c3ccccc3)CC2)cc1. The van der Waals surface area contributed by atoms with Crippen LogP contribution in [0.1, 0.15) is 34.4 Å². The van der Waals surface area contributed by atoms with E-state index in [0.717, 1.165) is 38.3 Å². The van der Waals surface area contributed by atoms with Gasteiger partial charge < -0.3 is 5.11 Å². The number of rotatable bonds is 6. The van der Waals surface area contributed by atoms with Gasteiger partial charge >= 0.3 is 0 Å². The van der Waals surface area contributed by atoms with E-state index in [2.05, 4.69) is 65.3 Å². The third kappa shape index (κ3) is 4.94. The molecule has 2 atom stereocenters. The summed E-state index contributed by atoms with van der Waals surface area (Å²) in [4.78, 5) is 4.96. The van der Waals surface area contributed by atoms with Crippen molar-refractivity contribution in [3.05, 3.63) is 107 Å². The zero-order valence-corrected chi connectivity index (χ0v) is 17.1. The van der Waals surface area contributed by atoms with Crippen molar-refractivity contribution < 1.29 is 5.11 Å². The average Bonchev–Trinajstić information content (AvgIpc) is 2.78. The molecule has 1 aliphatic heterocycles. The van der Waals surface area contributed by atoms with Gasteiger partial charge in [-0.2, -0.15) is 0 Å². The van der Waals surface area contributed by atoms with E-state index in [-0.39, 0.29) is 6.04 Å². The van der Waals surface area contributed by atoms with Crippen LogP contribution in [0.25, 0.3) is 0 Å². The van der Waals surface area contributed by atoms with E-state index in [0.29, 0.717) is 0 Å². The van der Waals surface area contributed by atoms with Crippen LogP contribution in [0.15, 0.2) is 84.9 Å². The first-order chi connectivity index (χ1) is 14.2. The highest BCUT2D eigenvalue weighted by Crippen LogP contribution is 2.34. The van der Waals surface area contributed by atoms with E-state index in [9.17, 15) is 5.11 Å². The maximum atomic E-state index is 11.3. The third-order valence-corrected chi connectivity index (χ3v) is 5.91. The molecule has 0 radical (unpaired) electrons. The van der Waals surface area contributed by atoms with Gasteiger partial charge in [-0.3, -0.25) is 9.80 Å². The van der Waals surface area contributed by atoms with Gasteiger partial charge in [-0.05, 0) is 23.6 Å². The molecule has 3 aromatic rings. The molecule has 1 N–H and O–H groups in total. The fourth-order valence-corrected chi connectivity index (χ4v) is 4.23. The van der Waals surface area contributed by atoms with Gasteiger partial charge in [-0.15, -0.1) is 0 Å². The molecule has 1 aliphatic rings. The summed E-state index contributed by atoms with van der Waals surface area (Å²) in [6.45, 7) is 7.05. The molecule has 150 valence electrons. The Morgan fingerprint density at radius 2 is 1.28 bits per heavy atom. The smallest absolute Gasteiger partial charge is 0.0986 e. The zero-order chi connectivity index (χ0) is 20.1. The zero-order valence-electron chi connectivity index (χ0n) is 17.1. The van der Waals surface area contributed by atoms with Gasteiger partial charge in [0, 0.05) is 32.7 Å². The van der Waals surface area contributed by atoms with Gasteiger partial charge in [0.1, 0.15) is 0 Å². The van der Waals surface area contributed by atoms with Crippen LogP contribution in [0.3, 0.4) is 0 Å². The van der Waals surface area contributed by atoms with Crippen molar-refractivity contribution in [3.8, 4) is 0 Å². The number of nitrogens with zero attached hydrogens (tertiary/aromatic N) is 2. The van der Waals surface area contributed by atoms with Crippen molar-refractivity contribution in [1.29, 1.82) is 0 Å². The second-order valence-electron chi connectivity index (χ2n) is 8.01. The first kappa shape index (κ1) is 19.8. The summed E-state index contributed by atoms with van der Waals surface area (Å²) in [5, 5.41) is 11.3. The van der Waals surface area contributed by atoms with Crippen LogP contribution < -0.4 is 0 Å². The Morgan fingerprint density at radius 1 is 0.724 bits per heavy atom. The number of benzene rings is 3. The van der Waals surface area contributed by atoms with E-state index >= 15 is 0 Å². The summed E-state index contributed by atoms with van der Waals surface area (Å²) < 4.78 is 0. The monoisotopic (exact) mass is 386 g/mol. The second kappa shape index (κ2) is 9.36. The number of hydrogen-bond acceptors (Lipinski definition) is 3. The molecular weight excluding hydrogens is 356 g/mol. The van der Waals surface area contributed by atoms with Crippen molar-refractivity contribution in [3.63, 3.8) is 0 Å². The summed E-state index contributed by atoms with van der Waals surface area (Å²) in [5.41, 5.74) is 4.83. The molecule has 0 spiro atoms. The molecule has 3 aromatic carbocycles. The molecule has 29 heavy (non-hydrogen) atoms. The number of piperazine rings is 1. The molecule has 0 amide bonds. The molecule has 1 fully saturated rings. The lowest BCUT2D eigenvalue weighted by Crippen LogP contribution is -2.48. The highest BCUT2D eigenvalue weighted by atomic mass is 16.3. The van der Waals surface area contributed by atoms with Crippen LogP contribution in [0.5, 0.6) is 0 Å². The third-order valence-electron chi connectivity index (χ3n) is 5.91. The van der Waals surface area contributed by atoms with Gasteiger partial charge in [-0.1, -0.05) is 90.5 Å². The van der Waals surface area contributed by atoms with Crippen molar-refractivity contribution >= 4 is 0 Å². The Hall–Kier alpha value is -2.46. The van der Waals surface area contributed by atoms with Crippen molar-refractivity contribution in [1.82, 2.24) is 9.80 Å². The topological polar surface area (TPSA) is 26.7 Å². The highest BCUT2D eigenvalue weighted by molar-refractivity contribution is 5.27. The molecule has 3 heteroatoms. The lowest BCUT2D eigenvalue weighted by Gasteiger charge is -2.41.